The second kappa shape index (κ2) is 11.0. The van der Waals surface area contributed by atoms with E-state index in [1.54, 1.807) is 53.2 Å². The Labute approximate surface area is 234 Å². The van der Waals surface area contributed by atoms with E-state index in [-0.39, 0.29) is 36.2 Å². The van der Waals surface area contributed by atoms with Crippen LogP contribution in [0.25, 0.3) is 22.3 Å². The number of aromatic nitrogens is 4. The SMILES string of the molecule is Cc1ccc(COc2cccc(-c3ccn(Cc4nc5ccc(C(=O)O)cc5n4C[C@@H]4CCO4)c(=O)c3)n2)c(F)c1. The normalized spacial score (nSPS) is 14.6. The summed E-state index contributed by atoms with van der Waals surface area (Å²) in [5.74, 6) is -0.400. The molecule has 1 aliphatic heterocycles. The number of halogens is 1. The second-order valence-electron chi connectivity index (χ2n) is 10.1. The van der Waals surface area contributed by atoms with E-state index in [0.29, 0.717) is 52.7 Å². The maximum absolute atomic E-state index is 14.2. The third-order valence-corrected chi connectivity index (χ3v) is 7.17. The summed E-state index contributed by atoms with van der Waals surface area (Å²) in [4.78, 5) is 33.9. The van der Waals surface area contributed by atoms with Crippen LogP contribution in [0, 0.1) is 12.7 Å². The van der Waals surface area contributed by atoms with Gasteiger partial charge in [-0.25, -0.2) is 19.2 Å². The number of carboxylic acids is 1. The van der Waals surface area contributed by atoms with E-state index in [1.807, 2.05) is 17.6 Å². The van der Waals surface area contributed by atoms with Crippen molar-refractivity contribution < 1.29 is 23.8 Å². The van der Waals surface area contributed by atoms with Crippen molar-refractivity contribution in [2.24, 2.45) is 0 Å². The number of ether oxygens (including phenoxy) is 2. The molecule has 5 aromatic rings. The van der Waals surface area contributed by atoms with Gasteiger partial charge in [-0.2, -0.15) is 0 Å². The lowest BCUT2D eigenvalue weighted by molar-refractivity contribution is -0.0590. The van der Waals surface area contributed by atoms with Crippen LogP contribution < -0.4 is 10.3 Å². The summed E-state index contributed by atoms with van der Waals surface area (Å²) in [5.41, 5.74) is 3.68. The van der Waals surface area contributed by atoms with E-state index in [2.05, 4.69) is 4.98 Å². The molecule has 2 aromatic carbocycles. The van der Waals surface area contributed by atoms with E-state index in [0.717, 1.165) is 12.0 Å². The Hall–Kier alpha value is -4.83. The molecule has 1 saturated heterocycles. The molecule has 208 valence electrons. The van der Waals surface area contributed by atoms with Crippen LogP contribution in [0.4, 0.5) is 4.39 Å². The van der Waals surface area contributed by atoms with Crippen LogP contribution in [0.3, 0.4) is 0 Å². The van der Waals surface area contributed by atoms with E-state index >= 15 is 0 Å². The summed E-state index contributed by atoms with van der Waals surface area (Å²) in [6.07, 6.45) is 2.60. The molecule has 0 spiro atoms. The van der Waals surface area contributed by atoms with Crippen LogP contribution in [-0.4, -0.2) is 42.9 Å². The minimum atomic E-state index is -1.02. The number of pyridine rings is 2. The number of hydrogen-bond acceptors (Lipinski definition) is 6. The van der Waals surface area contributed by atoms with Crippen LogP contribution >= 0.6 is 0 Å². The molecule has 1 fully saturated rings. The quantitative estimate of drug-likeness (QED) is 0.278. The molecule has 1 N–H and O–H groups in total. The number of fused-ring (bicyclic) bond motifs is 1. The molecule has 1 atom stereocenters. The Morgan fingerprint density at radius 2 is 1.98 bits per heavy atom. The Morgan fingerprint density at radius 3 is 2.71 bits per heavy atom. The van der Waals surface area contributed by atoms with Crippen molar-refractivity contribution in [2.45, 2.75) is 39.1 Å². The van der Waals surface area contributed by atoms with Gasteiger partial charge in [-0.3, -0.25) is 4.79 Å². The van der Waals surface area contributed by atoms with Crippen molar-refractivity contribution in [2.75, 3.05) is 6.61 Å². The molecule has 0 unspecified atom stereocenters. The monoisotopic (exact) mass is 554 g/mol. The van der Waals surface area contributed by atoms with Gasteiger partial charge in [0.1, 0.15) is 18.2 Å². The zero-order valence-corrected chi connectivity index (χ0v) is 22.3. The number of nitrogens with zero attached hydrogens (tertiary/aromatic N) is 4. The zero-order chi connectivity index (χ0) is 28.5. The highest BCUT2D eigenvalue weighted by molar-refractivity contribution is 5.92. The number of carboxylic acid groups (broad SMARTS) is 1. The molecule has 6 rings (SSSR count). The maximum Gasteiger partial charge on any atom is 0.335 e. The molecule has 41 heavy (non-hydrogen) atoms. The predicted molar refractivity (Wildman–Crippen MR) is 150 cm³/mol. The van der Waals surface area contributed by atoms with E-state index in [4.69, 9.17) is 14.5 Å². The van der Waals surface area contributed by atoms with Gasteiger partial charge in [-0.15, -0.1) is 0 Å². The molecular weight excluding hydrogens is 527 g/mol. The first-order valence-electron chi connectivity index (χ1n) is 13.2. The maximum atomic E-state index is 14.2. The Morgan fingerprint density at radius 1 is 1.12 bits per heavy atom. The summed E-state index contributed by atoms with van der Waals surface area (Å²) < 4.78 is 29.0. The molecular formula is C31H27FN4O5. The number of imidazole rings is 1. The van der Waals surface area contributed by atoms with Gasteiger partial charge < -0.3 is 23.7 Å². The second-order valence-corrected chi connectivity index (χ2v) is 10.1. The van der Waals surface area contributed by atoms with Gasteiger partial charge in [0.05, 0.1) is 41.5 Å². The van der Waals surface area contributed by atoms with Crippen molar-refractivity contribution in [1.29, 1.82) is 0 Å². The first-order chi connectivity index (χ1) is 19.8. The zero-order valence-electron chi connectivity index (χ0n) is 22.3. The fourth-order valence-electron chi connectivity index (χ4n) is 4.79. The fourth-order valence-corrected chi connectivity index (χ4v) is 4.79. The largest absolute Gasteiger partial charge is 0.478 e. The number of aryl methyl sites for hydroxylation is 1. The van der Waals surface area contributed by atoms with E-state index < -0.39 is 5.97 Å². The third-order valence-electron chi connectivity index (χ3n) is 7.17. The van der Waals surface area contributed by atoms with Gasteiger partial charge in [0, 0.05) is 36.1 Å². The minimum Gasteiger partial charge on any atom is -0.478 e. The van der Waals surface area contributed by atoms with Gasteiger partial charge in [-0.1, -0.05) is 18.2 Å². The standard InChI is InChI=1S/C31H27FN4O5/c1-19-5-6-22(24(32)13-19)18-41-29-4-2-3-25(34-29)20-9-11-35(30(37)15-20)17-28-33-26-8-7-21(31(38)39)14-27(26)36(28)16-23-10-12-40-23/h2-9,11,13-15,23H,10,12,16-18H2,1H3,(H,38,39)/t23-/m0/s1. The first kappa shape index (κ1) is 26.4. The summed E-state index contributed by atoms with van der Waals surface area (Å²) in [7, 11) is 0. The van der Waals surface area contributed by atoms with Gasteiger partial charge in [0.2, 0.25) is 5.88 Å². The average Bonchev–Trinajstić information content (AvgIpc) is 3.27. The highest BCUT2D eigenvalue weighted by atomic mass is 19.1. The molecule has 4 heterocycles. The Kier molecular flexibility index (Phi) is 7.07. The lowest BCUT2D eigenvalue weighted by Gasteiger charge is -2.27. The molecule has 1 aliphatic rings. The topological polar surface area (TPSA) is 108 Å². The summed E-state index contributed by atoms with van der Waals surface area (Å²) in [6.45, 7) is 3.26. The van der Waals surface area contributed by atoms with Gasteiger partial charge in [-0.05, 0) is 55.3 Å². The smallest absolute Gasteiger partial charge is 0.335 e. The average molecular weight is 555 g/mol. The van der Waals surface area contributed by atoms with Crippen LogP contribution in [0.5, 0.6) is 5.88 Å². The fraction of sp³-hybridized carbons (Fsp3) is 0.226. The molecule has 0 radical (unpaired) electrons. The third kappa shape index (κ3) is 5.59. The molecule has 10 heteroatoms. The van der Waals surface area contributed by atoms with Crippen molar-refractivity contribution >= 4 is 17.0 Å². The van der Waals surface area contributed by atoms with Crippen LogP contribution in [0.15, 0.2) is 77.7 Å². The van der Waals surface area contributed by atoms with E-state index in [1.165, 1.54) is 18.2 Å². The van der Waals surface area contributed by atoms with Crippen molar-refractivity contribution in [3.8, 4) is 17.1 Å². The van der Waals surface area contributed by atoms with E-state index in [9.17, 15) is 19.1 Å². The first-order valence-corrected chi connectivity index (χ1v) is 13.2. The number of carbonyl (C=O) groups is 1. The number of benzene rings is 2. The Bertz CT molecular complexity index is 1830. The van der Waals surface area contributed by atoms with Crippen molar-refractivity contribution in [1.82, 2.24) is 19.1 Å². The van der Waals surface area contributed by atoms with Crippen LogP contribution in [0.1, 0.15) is 33.7 Å². The van der Waals surface area contributed by atoms with Gasteiger partial charge in [0.15, 0.2) is 0 Å². The number of rotatable bonds is 9. The van der Waals surface area contributed by atoms with Gasteiger partial charge >= 0.3 is 5.97 Å². The van der Waals surface area contributed by atoms with Crippen LogP contribution in [0.2, 0.25) is 0 Å². The lowest BCUT2D eigenvalue weighted by Crippen LogP contribution is -2.32. The molecule has 0 aliphatic carbocycles. The predicted octanol–water partition coefficient (Wildman–Crippen LogP) is 4.82. The molecule has 3 aromatic heterocycles. The summed E-state index contributed by atoms with van der Waals surface area (Å²) in [6, 6.07) is 18.3. The Balaban J connectivity index is 1.24. The lowest BCUT2D eigenvalue weighted by atomic mass is 10.1. The highest BCUT2D eigenvalue weighted by Gasteiger charge is 2.23. The molecule has 0 saturated carbocycles. The number of hydrogen-bond donors (Lipinski definition) is 1. The summed E-state index contributed by atoms with van der Waals surface area (Å²) in [5, 5.41) is 9.46. The summed E-state index contributed by atoms with van der Waals surface area (Å²) >= 11 is 0. The van der Waals surface area contributed by atoms with Gasteiger partial charge in [0.25, 0.3) is 5.56 Å². The molecule has 0 bridgehead atoms. The molecule has 0 amide bonds. The molecule has 9 nitrogen and oxygen atoms in total. The van der Waals surface area contributed by atoms with Crippen molar-refractivity contribution in [3.05, 3.63) is 112 Å². The number of aromatic carboxylic acids is 1. The minimum absolute atomic E-state index is 0.0156. The van der Waals surface area contributed by atoms with Crippen LogP contribution in [-0.2, 0) is 24.4 Å². The van der Waals surface area contributed by atoms with Crippen molar-refractivity contribution in [3.63, 3.8) is 0 Å². The highest BCUT2D eigenvalue weighted by Crippen LogP contribution is 2.24.